The normalized spacial score (nSPS) is 38.2. The molecule has 2 N–H and O–H groups in total. The highest BCUT2D eigenvalue weighted by Crippen LogP contribution is 2.19. The lowest BCUT2D eigenvalue weighted by molar-refractivity contribution is 0.328. The zero-order valence-corrected chi connectivity index (χ0v) is 4.91. The van der Waals surface area contributed by atoms with Gasteiger partial charge < -0.3 is 10.6 Å². The molecule has 2 rings (SSSR count). The highest BCUT2D eigenvalue weighted by atomic mass is 15.1. The third kappa shape index (κ3) is 0.565. The maximum absolute atomic E-state index is 3.37. The fraction of sp³-hybridized carbons (Fsp3) is 0.833. The monoisotopic (exact) mass is 111 g/mol. The summed E-state index contributed by atoms with van der Waals surface area (Å²) >= 11 is 0. The third-order valence-electron chi connectivity index (χ3n) is 2.03. The number of hydrogen-bond donors (Lipinski definition) is 2. The summed E-state index contributed by atoms with van der Waals surface area (Å²) in [5.74, 6) is 1.68. The Morgan fingerprint density at radius 1 is 1.38 bits per heavy atom. The van der Waals surface area contributed by atoms with Crippen molar-refractivity contribution in [3.8, 4) is 0 Å². The molecule has 2 heteroatoms. The Morgan fingerprint density at radius 3 is 2.75 bits per heavy atom. The highest BCUT2D eigenvalue weighted by Gasteiger charge is 2.32. The van der Waals surface area contributed by atoms with Crippen molar-refractivity contribution in [2.75, 3.05) is 19.6 Å². The van der Waals surface area contributed by atoms with E-state index in [-0.39, 0.29) is 0 Å². The summed E-state index contributed by atoms with van der Waals surface area (Å²) < 4.78 is 0. The molecule has 45 valence electrons. The summed E-state index contributed by atoms with van der Waals surface area (Å²) in [5.41, 5.74) is 0. The second-order valence-electron chi connectivity index (χ2n) is 2.56. The molecule has 0 aromatic carbocycles. The average Bonchev–Trinajstić information content (AvgIpc) is 1.72. The molecule has 1 radical (unpaired) electrons. The van der Waals surface area contributed by atoms with E-state index in [2.05, 4.69) is 10.6 Å². The molecule has 0 saturated carbocycles. The lowest BCUT2D eigenvalue weighted by Gasteiger charge is -2.41. The first-order valence-electron chi connectivity index (χ1n) is 3.25. The van der Waals surface area contributed by atoms with Crippen LogP contribution in [0.1, 0.15) is 6.42 Å². The quantitative estimate of drug-likeness (QED) is 0.441. The molecule has 1 unspecified atom stereocenters. The first-order valence-corrected chi connectivity index (χ1v) is 3.25. The van der Waals surface area contributed by atoms with Crippen LogP contribution in [0.5, 0.6) is 0 Å². The standard InChI is InChI=1S/C6H11N2/c1-2-7-3-5-4-8-6(1)5/h6-8H,1-4H2. The van der Waals surface area contributed by atoms with Crippen LogP contribution in [0.4, 0.5) is 0 Å². The number of piperidine rings is 1. The first kappa shape index (κ1) is 4.77. The molecular formula is C6H11N2. The average molecular weight is 111 g/mol. The van der Waals surface area contributed by atoms with Crippen LogP contribution in [0.2, 0.25) is 0 Å². The van der Waals surface area contributed by atoms with Gasteiger partial charge in [-0.2, -0.15) is 0 Å². The van der Waals surface area contributed by atoms with Crippen molar-refractivity contribution in [3.05, 3.63) is 5.92 Å². The van der Waals surface area contributed by atoms with E-state index in [1.165, 1.54) is 13.0 Å². The van der Waals surface area contributed by atoms with Crippen LogP contribution in [-0.4, -0.2) is 25.7 Å². The van der Waals surface area contributed by atoms with Crippen molar-refractivity contribution >= 4 is 0 Å². The van der Waals surface area contributed by atoms with Crippen molar-refractivity contribution in [1.82, 2.24) is 10.6 Å². The zero-order chi connectivity index (χ0) is 5.40. The molecule has 0 spiro atoms. The van der Waals surface area contributed by atoms with Gasteiger partial charge in [-0.15, -0.1) is 0 Å². The Morgan fingerprint density at radius 2 is 2.38 bits per heavy atom. The molecule has 2 aliphatic heterocycles. The van der Waals surface area contributed by atoms with Crippen molar-refractivity contribution < 1.29 is 0 Å². The number of fused-ring (bicyclic) bond motifs is 1. The molecule has 2 nitrogen and oxygen atoms in total. The van der Waals surface area contributed by atoms with Crippen molar-refractivity contribution in [1.29, 1.82) is 0 Å². The van der Waals surface area contributed by atoms with Crippen molar-refractivity contribution in [3.63, 3.8) is 0 Å². The van der Waals surface area contributed by atoms with Gasteiger partial charge in [-0.25, -0.2) is 0 Å². The molecule has 0 aromatic rings. The number of hydrogen-bond acceptors (Lipinski definition) is 2. The van der Waals surface area contributed by atoms with Gasteiger partial charge in [0.05, 0.1) is 0 Å². The van der Waals surface area contributed by atoms with Gasteiger partial charge in [0.1, 0.15) is 0 Å². The highest BCUT2D eigenvalue weighted by molar-refractivity contribution is 5.15. The fourth-order valence-corrected chi connectivity index (χ4v) is 1.38. The van der Waals surface area contributed by atoms with E-state index < -0.39 is 0 Å². The van der Waals surface area contributed by atoms with Gasteiger partial charge in [0, 0.05) is 25.0 Å². The predicted molar refractivity (Wildman–Crippen MR) is 32.5 cm³/mol. The summed E-state index contributed by atoms with van der Waals surface area (Å²) in [4.78, 5) is 0. The smallest absolute Gasteiger partial charge is 0.0202 e. The van der Waals surface area contributed by atoms with Crippen LogP contribution in [0.3, 0.4) is 0 Å². The van der Waals surface area contributed by atoms with E-state index >= 15 is 0 Å². The molecule has 8 heavy (non-hydrogen) atoms. The van der Waals surface area contributed by atoms with Crippen molar-refractivity contribution in [2.24, 2.45) is 0 Å². The largest absolute Gasteiger partial charge is 0.316 e. The van der Waals surface area contributed by atoms with Crippen LogP contribution in [0.25, 0.3) is 0 Å². The van der Waals surface area contributed by atoms with Gasteiger partial charge in [-0.05, 0) is 13.0 Å². The predicted octanol–water partition coefficient (Wildman–Crippen LogP) is -0.474. The van der Waals surface area contributed by atoms with Crippen LogP contribution in [-0.2, 0) is 0 Å². The molecule has 2 heterocycles. The molecule has 0 aliphatic carbocycles. The lowest BCUT2D eigenvalue weighted by Crippen LogP contribution is -2.58. The van der Waals surface area contributed by atoms with Crippen LogP contribution in [0, 0.1) is 5.92 Å². The Hall–Kier alpha value is -0.0800. The van der Waals surface area contributed by atoms with E-state index in [9.17, 15) is 0 Å². The Kier molecular flexibility index (Phi) is 1.02. The van der Waals surface area contributed by atoms with Gasteiger partial charge >= 0.3 is 0 Å². The Bertz CT molecular complexity index is 80.5. The molecule has 0 aromatic heterocycles. The van der Waals surface area contributed by atoms with Crippen LogP contribution in [0.15, 0.2) is 0 Å². The van der Waals surface area contributed by atoms with Gasteiger partial charge in [0.15, 0.2) is 0 Å². The maximum atomic E-state index is 3.37. The second kappa shape index (κ2) is 1.71. The molecule has 2 aliphatic rings. The SMILES string of the molecule is C1CC2NC[C]2CN1. The van der Waals surface area contributed by atoms with Crippen LogP contribution < -0.4 is 10.6 Å². The molecule has 2 fully saturated rings. The number of rotatable bonds is 0. The van der Waals surface area contributed by atoms with Gasteiger partial charge in [0.25, 0.3) is 0 Å². The van der Waals surface area contributed by atoms with Crippen LogP contribution >= 0.6 is 0 Å². The minimum Gasteiger partial charge on any atom is -0.316 e. The summed E-state index contributed by atoms with van der Waals surface area (Å²) in [5, 5.41) is 6.71. The third-order valence-corrected chi connectivity index (χ3v) is 2.03. The fourth-order valence-electron chi connectivity index (χ4n) is 1.38. The Labute approximate surface area is 49.7 Å². The Balaban J connectivity index is 1.92. The van der Waals surface area contributed by atoms with E-state index in [1.807, 2.05) is 0 Å². The molecule has 1 atom stereocenters. The van der Waals surface area contributed by atoms with E-state index in [4.69, 9.17) is 0 Å². The van der Waals surface area contributed by atoms with E-state index in [0.29, 0.717) is 0 Å². The molecular weight excluding hydrogens is 100 g/mol. The summed E-state index contributed by atoms with van der Waals surface area (Å²) in [7, 11) is 0. The minimum atomic E-state index is 0.788. The molecule has 2 saturated heterocycles. The molecule has 0 amide bonds. The zero-order valence-electron chi connectivity index (χ0n) is 4.91. The van der Waals surface area contributed by atoms with Crippen molar-refractivity contribution in [2.45, 2.75) is 12.5 Å². The summed E-state index contributed by atoms with van der Waals surface area (Å²) in [6.45, 7) is 3.52. The molecule has 0 bridgehead atoms. The van der Waals surface area contributed by atoms with Gasteiger partial charge in [-0.1, -0.05) is 0 Å². The van der Waals surface area contributed by atoms with Gasteiger partial charge in [0.2, 0.25) is 0 Å². The number of nitrogens with one attached hydrogen (secondary N) is 2. The second-order valence-corrected chi connectivity index (χ2v) is 2.56. The lowest BCUT2D eigenvalue weighted by atomic mass is 9.86. The maximum Gasteiger partial charge on any atom is 0.0202 e. The summed E-state index contributed by atoms with van der Waals surface area (Å²) in [6.07, 6.45) is 1.30. The van der Waals surface area contributed by atoms with E-state index in [1.54, 1.807) is 5.92 Å². The van der Waals surface area contributed by atoms with Gasteiger partial charge in [-0.3, -0.25) is 0 Å². The minimum absolute atomic E-state index is 0.788. The summed E-state index contributed by atoms with van der Waals surface area (Å²) in [6, 6.07) is 0.788. The first-order chi connectivity index (χ1) is 3.97. The van der Waals surface area contributed by atoms with E-state index in [0.717, 1.165) is 19.1 Å². The topological polar surface area (TPSA) is 24.1 Å².